The lowest BCUT2D eigenvalue weighted by atomic mass is 9.96. The summed E-state index contributed by atoms with van der Waals surface area (Å²) in [7, 11) is -3.48. The molecule has 230 valence electrons. The molecule has 1 aromatic carbocycles. The van der Waals surface area contributed by atoms with Crippen molar-refractivity contribution in [3.05, 3.63) is 53.9 Å². The molecule has 0 amide bonds. The Bertz CT molecular complexity index is 1330. The second-order valence-electron chi connectivity index (χ2n) is 11.5. The van der Waals surface area contributed by atoms with Crippen LogP contribution in [0.3, 0.4) is 0 Å². The lowest BCUT2D eigenvalue weighted by molar-refractivity contribution is -0.137. The van der Waals surface area contributed by atoms with Gasteiger partial charge < -0.3 is 19.8 Å². The van der Waals surface area contributed by atoms with Crippen LogP contribution in [0.5, 0.6) is 0 Å². The molecule has 1 unspecified atom stereocenters. The summed E-state index contributed by atoms with van der Waals surface area (Å²) in [5.74, 6) is -0.767. The second-order valence-corrected chi connectivity index (χ2v) is 13.5. The number of aromatic carboxylic acids is 1. The second kappa shape index (κ2) is 12.8. The number of likely N-dealkylation sites (tertiary alicyclic amines) is 1. The fourth-order valence-corrected chi connectivity index (χ4v) is 8.20. The number of sulfonamides is 1. The lowest BCUT2D eigenvalue weighted by Crippen LogP contribution is -2.51. The van der Waals surface area contributed by atoms with Crippen LogP contribution in [0.15, 0.2) is 42.7 Å². The Morgan fingerprint density at radius 1 is 0.905 bits per heavy atom. The number of piperazine rings is 1. The Morgan fingerprint density at radius 2 is 1.60 bits per heavy atom. The summed E-state index contributed by atoms with van der Waals surface area (Å²) in [6.07, 6.45) is 2.62. The number of aromatic nitrogens is 1. The van der Waals surface area contributed by atoms with Gasteiger partial charge in [-0.3, -0.25) is 4.98 Å². The van der Waals surface area contributed by atoms with Gasteiger partial charge in [0.1, 0.15) is 0 Å². The van der Waals surface area contributed by atoms with E-state index in [2.05, 4.69) is 14.8 Å². The fraction of sp³-hybridized carbons (Fsp3) is 0.586. The first kappa shape index (κ1) is 30.6. The SMILES string of the molecule is O=C(O)c1ccc(N2CCCCC2CN2CCC(CS(=O)(=O)N3CCN(c4cncc(C(F)(F)F)c4)CC3)CC2)cc1. The van der Waals surface area contributed by atoms with E-state index in [-0.39, 0.29) is 30.3 Å². The predicted molar refractivity (Wildman–Crippen MR) is 154 cm³/mol. The first-order valence-corrected chi connectivity index (χ1v) is 16.2. The number of alkyl halides is 3. The number of carboxylic acids is 1. The van der Waals surface area contributed by atoms with Crippen LogP contribution in [0.2, 0.25) is 0 Å². The van der Waals surface area contributed by atoms with Crippen molar-refractivity contribution in [2.75, 3.05) is 67.9 Å². The number of piperidine rings is 2. The van der Waals surface area contributed by atoms with E-state index in [0.717, 1.165) is 76.2 Å². The van der Waals surface area contributed by atoms with Crippen molar-refractivity contribution in [2.24, 2.45) is 5.92 Å². The molecule has 3 aliphatic rings. The molecular formula is C29H38F3N5O4S. The van der Waals surface area contributed by atoms with Crippen LogP contribution in [0, 0.1) is 5.92 Å². The van der Waals surface area contributed by atoms with E-state index in [4.69, 9.17) is 0 Å². The van der Waals surface area contributed by atoms with Crippen LogP contribution in [0.4, 0.5) is 24.5 Å². The Balaban J connectivity index is 1.10. The molecule has 0 bridgehead atoms. The van der Waals surface area contributed by atoms with Crippen molar-refractivity contribution in [1.82, 2.24) is 14.2 Å². The molecule has 0 saturated carbocycles. The number of benzene rings is 1. The van der Waals surface area contributed by atoms with Gasteiger partial charge in [0.2, 0.25) is 10.0 Å². The van der Waals surface area contributed by atoms with Crippen molar-refractivity contribution >= 4 is 27.4 Å². The zero-order chi connectivity index (χ0) is 29.9. The highest BCUT2D eigenvalue weighted by Gasteiger charge is 2.34. The monoisotopic (exact) mass is 609 g/mol. The summed E-state index contributed by atoms with van der Waals surface area (Å²) >= 11 is 0. The summed E-state index contributed by atoms with van der Waals surface area (Å²) in [5.41, 5.74) is 0.851. The van der Waals surface area contributed by atoms with E-state index < -0.39 is 27.7 Å². The molecule has 3 aliphatic heterocycles. The Hall–Kier alpha value is -2.90. The minimum atomic E-state index is -4.48. The molecule has 9 nitrogen and oxygen atoms in total. The molecule has 1 atom stereocenters. The maximum atomic E-state index is 13.2. The molecule has 5 rings (SSSR count). The van der Waals surface area contributed by atoms with Gasteiger partial charge in [-0.2, -0.15) is 17.5 Å². The number of nitrogens with zero attached hydrogens (tertiary/aromatic N) is 5. The highest BCUT2D eigenvalue weighted by Crippen LogP contribution is 2.32. The molecule has 1 N–H and O–H groups in total. The minimum absolute atomic E-state index is 0.0722. The summed E-state index contributed by atoms with van der Waals surface area (Å²) in [4.78, 5) is 21.5. The molecule has 42 heavy (non-hydrogen) atoms. The zero-order valence-corrected chi connectivity index (χ0v) is 24.4. The molecule has 13 heteroatoms. The van der Waals surface area contributed by atoms with Gasteiger partial charge in [-0.05, 0) is 81.4 Å². The Labute approximate surface area is 245 Å². The van der Waals surface area contributed by atoms with Gasteiger partial charge in [0.15, 0.2) is 0 Å². The average Bonchev–Trinajstić information content (AvgIpc) is 2.98. The van der Waals surface area contributed by atoms with Crippen molar-refractivity contribution < 1.29 is 31.5 Å². The van der Waals surface area contributed by atoms with Crippen LogP contribution in [0.25, 0.3) is 0 Å². The van der Waals surface area contributed by atoms with Crippen LogP contribution in [0.1, 0.15) is 48.0 Å². The van der Waals surface area contributed by atoms with Crippen LogP contribution >= 0.6 is 0 Å². The zero-order valence-electron chi connectivity index (χ0n) is 23.5. The number of carbonyl (C=O) groups is 1. The van der Waals surface area contributed by atoms with Gasteiger partial charge in [0.25, 0.3) is 0 Å². The maximum Gasteiger partial charge on any atom is 0.417 e. The summed E-state index contributed by atoms with van der Waals surface area (Å²) in [5, 5.41) is 9.21. The molecule has 0 radical (unpaired) electrons. The molecular weight excluding hydrogens is 571 g/mol. The average molecular weight is 610 g/mol. The van der Waals surface area contributed by atoms with Crippen molar-refractivity contribution in [2.45, 2.75) is 44.3 Å². The summed E-state index contributed by atoms with van der Waals surface area (Å²) in [6.45, 7) is 4.60. The fourth-order valence-electron chi connectivity index (χ4n) is 6.34. The Kier molecular flexibility index (Phi) is 9.28. The number of halogens is 3. The molecule has 0 aliphatic carbocycles. The van der Waals surface area contributed by atoms with Crippen molar-refractivity contribution in [3.8, 4) is 0 Å². The standard InChI is InChI=1S/C29H38F3N5O4S/c30-29(31,32)24-17-27(19-33-18-24)35-13-15-36(16-14-35)42(40,41)21-22-8-11-34(12-9-22)20-26-3-1-2-10-37(26)25-6-4-23(5-7-25)28(38)39/h4-7,17-19,22,26H,1-3,8-16,20-21H2,(H,38,39). The van der Waals surface area contributed by atoms with E-state index in [1.54, 1.807) is 17.0 Å². The van der Waals surface area contributed by atoms with Gasteiger partial charge >= 0.3 is 12.1 Å². The largest absolute Gasteiger partial charge is 0.478 e. The third-order valence-corrected chi connectivity index (χ3v) is 10.8. The van der Waals surface area contributed by atoms with Crippen molar-refractivity contribution in [3.63, 3.8) is 0 Å². The first-order valence-electron chi connectivity index (χ1n) is 14.6. The predicted octanol–water partition coefficient (Wildman–Crippen LogP) is 4.02. The highest BCUT2D eigenvalue weighted by molar-refractivity contribution is 7.89. The van der Waals surface area contributed by atoms with Crippen LogP contribution in [-0.2, 0) is 16.2 Å². The molecule has 2 aromatic rings. The van der Waals surface area contributed by atoms with Gasteiger partial charge in [-0.15, -0.1) is 0 Å². The highest BCUT2D eigenvalue weighted by atomic mass is 32.2. The quantitative estimate of drug-likeness (QED) is 0.480. The molecule has 4 heterocycles. The number of anilines is 2. The normalized spacial score (nSPS) is 21.9. The van der Waals surface area contributed by atoms with Gasteiger partial charge in [-0.25, -0.2) is 13.2 Å². The number of pyridine rings is 1. The molecule has 3 saturated heterocycles. The summed E-state index contributed by atoms with van der Waals surface area (Å²) in [6, 6.07) is 8.46. The summed E-state index contributed by atoms with van der Waals surface area (Å²) < 4.78 is 67.2. The Morgan fingerprint density at radius 3 is 2.24 bits per heavy atom. The van der Waals surface area contributed by atoms with Crippen LogP contribution in [-0.4, -0.2) is 97.8 Å². The number of rotatable bonds is 8. The van der Waals surface area contributed by atoms with Crippen LogP contribution < -0.4 is 9.80 Å². The van der Waals surface area contributed by atoms with E-state index >= 15 is 0 Å². The number of hydrogen-bond acceptors (Lipinski definition) is 7. The van der Waals surface area contributed by atoms with E-state index in [0.29, 0.717) is 24.8 Å². The van der Waals surface area contributed by atoms with Gasteiger partial charge in [0, 0.05) is 57.2 Å². The van der Waals surface area contributed by atoms with E-state index in [1.165, 1.54) is 10.5 Å². The maximum absolute atomic E-state index is 13.2. The van der Waals surface area contributed by atoms with E-state index in [9.17, 15) is 31.5 Å². The third kappa shape index (κ3) is 7.35. The van der Waals surface area contributed by atoms with Gasteiger partial charge in [0.05, 0.1) is 28.8 Å². The molecule has 1 aromatic heterocycles. The van der Waals surface area contributed by atoms with E-state index in [1.807, 2.05) is 12.1 Å². The lowest BCUT2D eigenvalue weighted by Gasteiger charge is -2.42. The first-order chi connectivity index (χ1) is 20.0. The number of carboxylic acid groups (broad SMARTS) is 1. The van der Waals surface area contributed by atoms with Crippen molar-refractivity contribution in [1.29, 1.82) is 0 Å². The topological polar surface area (TPSA) is 97.3 Å². The third-order valence-electron chi connectivity index (χ3n) is 8.74. The minimum Gasteiger partial charge on any atom is -0.478 e. The van der Waals surface area contributed by atoms with Gasteiger partial charge in [-0.1, -0.05) is 0 Å². The number of hydrogen-bond donors (Lipinski definition) is 1. The molecule has 3 fully saturated rings. The smallest absolute Gasteiger partial charge is 0.417 e. The molecule has 0 spiro atoms.